The van der Waals surface area contributed by atoms with Crippen molar-refractivity contribution in [1.29, 1.82) is 0 Å². The van der Waals surface area contributed by atoms with Crippen LogP contribution in [0.25, 0.3) is 0 Å². The Morgan fingerprint density at radius 2 is 0.878 bits per heavy atom. The first-order chi connectivity index (χ1) is 20.2. The van der Waals surface area contributed by atoms with Crippen molar-refractivity contribution in [2.75, 3.05) is 7.11 Å². The summed E-state index contributed by atoms with van der Waals surface area (Å²) in [6, 6.07) is 37.7. The lowest BCUT2D eigenvalue weighted by molar-refractivity contribution is -0.235. The average Bonchev–Trinajstić information content (AvgIpc) is 3.03. The van der Waals surface area contributed by atoms with E-state index in [1.54, 1.807) is 7.11 Å². The van der Waals surface area contributed by atoms with Gasteiger partial charge in [-0.1, -0.05) is 103 Å². The number of aliphatic hydroxyl groups is 1. The van der Waals surface area contributed by atoms with E-state index in [1.807, 2.05) is 115 Å². The van der Waals surface area contributed by atoms with Crippen LogP contribution in [-0.2, 0) is 45.4 Å². The predicted octanol–water partition coefficient (Wildman–Crippen LogP) is 6.10. The summed E-state index contributed by atoms with van der Waals surface area (Å²) in [5, 5.41) is 11.8. The third-order valence-electron chi connectivity index (χ3n) is 7.37. The van der Waals surface area contributed by atoms with Gasteiger partial charge in [0, 0.05) is 6.42 Å². The minimum Gasteiger partial charge on any atom is -0.497 e. The van der Waals surface area contributed by atoms with Gasteiger partial charge in [0.05, 0.1) is 45.7 Å². The summed E-state index contributed by atoms with van der Waals surface area (Å²) in [6.07, 6.45) is -2.46. The van der Waals surface area contributed by atoms with Crippen molar-refractivity contribution in [3.8, 4) is 5.75 Å². The molecule has 0 heterocycles. The van der Waals surface area contributed by atoms with Crippen molar-refractivity contribution in [2.24, 2.45) is 0 Å². The van der Waals surface area contributed by atoms with Gasteiger partial charge in [-0.15, -0.1) is 0 Å². The van der Waals surface area contributed by atoms with Crippen LogP contribution in [0.3, 0.4) is 0 Å². The first kappa shape index (κ1) is 29.0. The summed E-state index contributed by atoms with van der Waals surface area (Å²) in [7, 11) is 1.64. The molecular formula is C35H38O6. The fourth-order valence-electron chi connectivity index (χ4n) is 5.10. The minimum atomic E-state index is -0.966. The molecule has 0 aromatic heterocycles. The Balaban J connectivity index is 1.35. The molecule has 0 spiro atoms. The molecule has 41 heavy (non-hydrogen) atoms. The largest absolute Gasteiger partial charge is 0.497 e. The third kappa shape index (κ3) is 8.26. The second-order valence-electron chi connectivity index (χ2n) is 10.3. The number of hydrogen-bond acceptors (Lipinski definition) is 6. The van der Waals surface area contributed by atoms with Gasteiger partial charge in [-0.05, 0) is 34.4 Å². The quantitative estimate of drug-likeness (QED) is 0.215. The molecule has 1 fully saturated rings. The first-order valence-electron chi connectivity index (χ1n) is 14.1. The van der Waals surface area contributed by atoms with Crippen LogP contribution >= 0.6 is 0 Å². The summed E-state index contributed by atoms with van der Waals surface area (Å²) >= 11 is 0. The molecule has 6 nitrogen and oxygen atoms in total. The molecule has 0 aliphatic heterocycles. The van der Waals surface area contributed by atoms with Gasteiger partial charge in [0.15, 0.2) is 0 Å². The van der Waals surface area contributed by atoms with Crippen molar-refractivity contribution in [3.63, 3.8) is 0 Å². The zero-order valence-corrected chi connectivity index (χ0v) is 23.4. The van der Waals surface area contributed by atoms with Crippen LogP contribution in [0.1, 0.15) is 28.7 Å². The summed E-state index contributed by atoms with van der Waals surface area (Å²) in [5.41, 5.74) is 4.12. The highest BCUT2D eigenvalue weighted by Gasteiger charge is 2.47. The van der Waals surface area contributed by atoms with Crippen molar-refractivity contribution < 1.29 is 28.8 Å². The molecule has 1 saturated carbocycles. The molecule has 0 saturated heterocycles. The molecule has 6 heteroatoms. The van der Waals surface area contributed by atoms with Crippen molar-refractivity contribution >= 4 is 0 Å². The second-order valence-corrected chi connectivity index (χ2v) is 10.3. The number of methoxy groups -OCH3 is 1. The normalized spacial score (nSPS) is 22.3. The molecular weight excluding hydrogens is 516 g/mol. The molecule has 1 aliphatic carbocycles. The Morgan fingerprint density at radius 3 is 1.27 bits per heavy atom. The lowest BCUT2D eigenvalue weighted by Crippen LogP contribution is -2.59. The lowest BCUT2D eigenvalue weighted by Gasteiger charge is -2.44. The number of rotatable bonds is 13. The molecule has 0 amide bonds. The number of hydrogen-bond donors (Lipinski definition) is 1. The standard InChI is InChI=1S/C35H38O6/c1-37-30-19-17-29(18-20-30)25-41-35-32(39-23-27-13-7-3-8-14-27)21-31(38-22-26-11-5-2-6-12-26)34(33(35)36)40-24-28-15-9-4-10-16-28/h2-20,31-36H,21-25H2,1H3/t31-,32+,33-,34?,35?/m1/s1. The smallest absolute Gasteiger partial charge is 0.118 e. The number of aliphatic hydroxyl groups excluding tert-OH is 1. The summed E-state index contributed by atoms with van der Waals surface area (Å²) in [4.78, 5) is 0. The monoisotopic (exact) mass is 554 g/mol. The Labute approximate surface area is 242 Å². The maximum atomic E-state index is 11.8. The van der Waals surface area contributed by atoms with Gasteiger partial charge < -0.3 is 28.8 Å². The molecule has 0 bridgehead atoms. The summed E-state index contributed by atoms with van der Waals surface area (Å²) < 4.78 is 30.9. The number of ether oxygens (including phenoxy) is 5. The van der Waals surface area contributed by atoms with E-state index in [2.05, 4.69) is 0 Å². The first-order valence-corrected chi connectivity index (χ1v) is 14.1. The van der Waals surface area contributed by atoms with Gasteiger partial charge in [-0.2, -0.15) is 0 Å². The maximum Gasteiger partial charge on any atom is 0.118 e. The zero-order valence-electron chi connectivity index (χ0n) is 23.4. The van der Waals surface area contributed by atoms with Crippen LogP contribution in [0.2, 0.25) is 0 Å². The minimum absolute atomic E-state index is 0.317. The summed E-state index contributed by atoms with van der Waals surface area (Å²) in [5.74, 6) is 0.781. The molecule has 214 valence electrons. The topological polar surface area (TPSA) is 66.4 Å². The van der Waals surface area contributed by atoms with Crippen LogP contribution in [0.15, 0.2) is 115 Å². The van der Waals surface area contributed by atoms with E-state index in [1.165, 1.54) is 0 Å². The molecule has 4 aromatic rings. The predicted molar refractivity (Wildman–Crippen MR) is 157 cm³/mol. The number of benzene rings is 4. The van der Waals surface area contributed by atoms with Gasteiger partial charge >= 0.3 is 0 Å². The van der Waals surface area contributed by atoms with E-state index < -0.39 is 30.5 Å². The second kappa shape index (κ2) is 14.9. The van der Waals surface area contributed by atoms with E-state index in [0.29, 0.717) is 32.8 Å². The SMILES string of the molecule is COc1ccc(COC2[C@H](O)C(OCc3ccccc3)[C@H](OCc3ccccc3)C[C@@H]2OCc2ccccc2)cc1. The Morgan fingerprint density at radius 1 is 0.512 bits per heavy atom. The van der Waals surface area contributed by atoms with Gasteiger partial charge in [0.2, 0.25) is 0 Å². The fraction of sp³-hybridized carbons (Fsp3) is 0.314. The Kier molecular flexibility index (Phi) is 10.5. The van der Waals surface area contributed by atoms with Crippen LogP contribution in [0, 0.1) is 0 Å². The van der Waals surface area contributed by atoms with E-state index in [-0.39, 0.29) is 0 Å². The Bertz CT molecular complexity index is 1280. The van der Waals surface area contributed by atoms with Gasteiger partial charge in [-0.25, -0.2) is 0 Å². The lowest BCUT2D eigenvalue weighted by atomic mass is 9.86. The highest BCUT2D eigenvalue weighted by molar-refractivity contribution is 5.26. The van der Waals surface area contributed by atoms with Crippen LogP contribution in [0.5, 0.6) is 5.75 Å². The molecule has 5 rings (SSSR count). The molecule has 5 atom stereocenters. The maximum absolute atomic E-state index is 11.8. The van der Waals surface area contributed by atoms with Gasteiger partial charge in [0.25, 0.3) is 0 Å². The molecule has 1 aliphatic rings. The van der Waals surface area contributed by atoms with Crippen LogP contribution in [-0.4, -0.2) is 42.7 Å². The van der Waals surface area contributed by atoms with Crippen molar-refractivity contribution in [3.05, 3.63) is 138 Å². The highest BCUT2D eigenvalue weighted by atomic mass is 16.6. The van der Waals surface area contributed by atoms with E-state index in [0.717, 1.165) is 28.0 Å². The summed E-state index contributed by atoms with van der Waals surface area (Å²) in [6.45, 7) is 1.49. The highest BCUT2D eigenvalue weighted by Crippen LogP contribution is 2.32. The Hall–Kier alpha value is -3.52. The molecule has 1 N–H and O–H groups in total. The zero-order chi connectivity index (χ0) is 28.3. The van der Waals surface area contributed by atoms with Crippen molar-refractivity contribution in [2.45, 2.75) is 63.4 Å². The van der Waals surface area contributed by atoms with E-state index in [9.17, 15) is 5.11 Å². The van der Waals surface area contributed by atoms with E-state index >= 15 is 0 Å². The molecule has 2 unspecified atom stereocenters. The van der Waals surface area contributed by atoms with Gasteiger partial charge in [-0.3, -0.25) is 0 Å². The van der Waals surface area contributed by atoms with Gasteiger partial charge in [0.1, 0.15) is 24.1 Å². The third-order valence-corrected chi connectivity index (χ3v) is 7.37. The average molecular weight is 555 g/mol. The molecule has 4 aromatic carbocycles. The van der Waals surface area contributed by atoms with Crippen LogP contribution < -0.4 is 4.74 Å². The van der Waals surface area contributed by atoms with Crippen LogP contribution in [0.4, 0.5) is 0 Å². The van der Waals surface area contributed by atoms with Crippen molar-refractivity contribution in [1.82, 2.24) is 0 Å². The fourth-order valence-corrected chi connectivity index (χ4v) is 5.10. The van der Waals surface area contributed by atoms with E-state index in [4.69, 9.17) is 23.7 Å². The molecule has 0 radical (unpaired) electrons.